The first-order chi connectivity index (χ1) is 17.2. The summed E-state index contributed by atoms with van der Waals surface area (Å²) in [5.74, 6) is 0.619. The first-order valence-corrected chi connectivity index (χ1v) is 11.4. The fraction of sp³-hybridized carbons (Fsp3) is 0.240. The van der Waals surface area contributed by atoms with Gasteiger partial charge in [-0.15, -0.1) is 0 Å². The second-order valence-corrected chi connectivity index (χ2v) is 8.43. The summed E-state index contributed by atoms with van der Waals surface area (Å²) < 4.78 is 10.9. The number of oxazole rings is 1. The number of morpholine rings is 1. The van der Waals surface area contributed by atoms with Crippen LogP contribution in [0.25, 0.3) is 22.4 Å². The first kappa shape index (κ1) is 21.4. The van der Waals surface area contributed by atoms with Gasteiger partial charge in [0, 0.05) is 25.2 Å². The maximum Gasteiger partial charge on any atom is 0.278 e. The van der Waals surface area contributed by atoms with Gasteiger partial charge in [-0.25, -0.2) is 9.97 Å². The fourth-order valence-electron chi connectivity index (χ4n) is 4.31. The minimum atomic E-state index is -0.541. The number of nitrogens with one attached hydrogen (secondary N) is 2. The topological polar surface area (TPSA) is 121 Å². The van der Waals surface area contributed by atoms with Crippen LogP contribution in [0.3, 0.4) is 0 Å². The minimum Gasteiger partial charge on any atom is -0.443 e. The number of carbonyl (C=O) groups is 1. The van der Waals surface area contributed by atoms with Crippen LogP contribution in [0.5, 0.6) is 0 Å². The van der Waals surface area contributed by atoms with Gasteiger partial charge in [-0.1, -0.05) is 36.4 Å². The number of fused-ring (bicyclic) bond motifs is 1. The van der Waals surface area contributed by atoms with Crippen molar-refractivity contribution in [3.63, 3.8) is 0 Å². The Bertz CT molecular complexity index is 1420. The highest BCUT2D eigenvalue weighted by Gasteiger charge is 2.27. The van der Waals surface area contributed by atoms with E-state index >= 15 is 0 Å². The number of azo groups is 1. The average molecular weight is 470 g/mol. The van der Waals surface area contributed by atoms with Crippen molar-refractivity contribution in [3.05, 3.63) is 83.9 Å². The summed E-state index contributed by atoms with van der Waals surface area (Å²) in [4.78, 5) is 27.6. The van der Waals surface area contributed by atoms with E-state index in [9.17, 15) is 4.79 Å². The van der Waals surface area contributed by atoms with E-state index in [-0.39, 0.29) is 5.69 Å². The van der Waals surface area contributed by atoms with Gasteiger partial charge in [0.05, 0.1) is 36.1 Å². The molecule has 2 aromatic carbocycles. The molecule has 176 valence electrons. The Morgan fingerprint density at radius 3 is 2.86 bits per heavy atom. The molecule has 0 radical (unpaired) electrons. The zero-order valence-electron chi connectivity index (χ0n) is 18.8. The average Bonchev–Trinajstić information content (AvgIpc) is 3.64. The monoisotopic (exact) mass is 469 g/mol. The molecule has 10 heteroatoms. The summed E-state index contributed by atoms with van der Waals surface area (Å²) in [5, 5.41) is 11.2. The Balaban J connectivity index is 1.19. The lowest BCUT2D eigenvalue weighted by Gasteiger charge is -2.26. The third kappa shape index (κ3) is 4.36. The van der Waals surface area contributed by atoms with Gasteiger partial charge >= 0.3 is 0 Å². The van der Waals surface area contributed by atoms with Crippen LogP contribution in [0, 0.1) is 0 Å². The third-order valence-electron chi connectivity index (χ3n) is 6.08. The van der Waals surface area contributed by atoms with Crippen molar-refractivity contribution in [1.82, 2.24) is 25.2 Å². The second kappa shape index (κ2) is 9.24. The smallest absolute Gasteiger partial charge is 0.278 e. The molecule has 10 nitrogen and oxygen atoms in total. The van der Waals surface area contributed by atoms with Gasteiger partial charge in [0.25, 0.3) is 5.91 Å². The summed E-state index contributed by atoms with van der Waals surface area (Å²) >= 11 is 0. The van der Waals surface area contributed by atoms with Crippen LogP contribution < -0.4 is 5.32 Å². The molecule has 1 amide bonds. The van der Waals surface area contributed by atoms with E-state index in [2.05, 4.69) is 42.5 Å². The van der Waals surface area contributed by atoms with Gasteiger partial charge in [0.1, 0.15) is 5.82 Å². The number of hydrogen-bond acceptors (Lipinski definition) is 8. The number of ether oxygens (including phenoxy) is 1. The van der Waals surface area contributed by atoms with Crippen molar-refractivity contribution in [1.29, 1.82) is 0 Å². The standard InChI is InChI=1S/C25H23N7O3/c33-25(22-23(35-15-26-22)17-4-2-1-3-5-17)30-20-13-27-31-21(20)24-28-18-7-6-16(12-19(18)29-24)14-32-8-10-34-11-9-32/h1-7,12-13,15,21H,8-11,14H2,(H,28,29)(H,30,33). The lowest BCUT2D eigenvalue weighted by molar-refractivity contribution is 0.0342. The SMILES string of the molecule is O=C(NC1=CN=NC1c1nc2cc(CN3CCOCC3)ccc2[nH]1)c1ncoc1-c1ccccc1. The van der Waals surface area contributed by atoms with Crippen molar-refractivity contribution in [2.75, 3.05) is 26.3 Å². The van der Waals surface area contributed by atoms with Gasteiger partial charge < -0.3 is 19.5 Å². The number of nitrogens with zero attached hydrogens (tertiary/aromatic N) is 5. The van der Waals surface area contributed by atoms with Crippen LogP contribution in [-0.4, -0.2) is 52.1 Å². The highest BCUT2D eigenvalue weighted by atomic mass is 16.5. The molecule has 35 heavy (non-hydrogen) atoms. The Hall–Kier alpha value is -4.15. The molecule has 4 heterocycles. The van der Waals surface area contributed by atoms with Crippen LogP contribution in [0.15, 0.2) is 81.5 Å². The number of aromatic amines is 1. The van der Waals surface area contributed by atoms with Gasteiger partial charge in [-0.3, -0.25) is 9.69 Å². The number of imidazole rings is 1. The molecule has 1 saturated heterocycles. The summed E-state index contributed by atoms with van der Waals surface area (Å²) in [7, 11) is 0. The molecule has 6 rings (SSSR count). The molecule has 0 bridgehead atoms. The number of H-pyrrole nitrogens is 1. The number of aromatic nitrogens is 3. The summed E-state index contributed by atoms with van der Waals surface area (Å²) in [6.45, 7) is 4.25. The highest BCUT2D eigenvalue weighted by molar-refractivity contribution is 5.98. The molecule has 2 aliphatic heterocycles. The number of hydrogen-bond donors (Lipinski definition) is 2. The molecule has 4 aromatic rings. The van der Waals surface area contributed by atoms with Crippen molar-refractivity contribution in [2.45, 2.75) is 12.6 Å². The second-order valence-electron chi connectivity index (χ2n) is 8.43. The first-order valence-electron chi connectivity index (χ1n) is 11.4. The molecule has 1 unspecified atom stereocenters. The van der Waals surface area contributed by atoms with Gasteiger partial charge in [-0.05, 0) is 17.7 Å². The molecular formula is C25H23N7O3. The van der Waals surface area contributed by atoms with Crippen LogP contribution in [0.1, 0.15) is 27.9 Å². The molecular weight excluding hydrogens is 446 g/mol. The zero-order chi connectivity index (χ0) is 23.6. The lowest BCUT2D eigenvalue weighted by Crippen LogP contribution is -2.35. The van der Waals surface area contributed by atoms with Crippen LogP contribution in [-0.2, 0) is 11.3 Å². The molecule has 1 fully saturated rings. The molecule has 2 aliphatic rings. The van der Waals surface area contributed by atoms with Crippen LogP contribution >= 0.6 is 0 Å². The van der Waals surface area contributed by atoms with Crippen LogP contribution in [0.2, 0.25) is 0 Å². The maximum absolute atomic E-state index is 13.0. The van der Waals surface area contributed by atoms with Crippen LogP contribution in [0.4, 0.5) is 0 Å². The van der Waals surface area contributed by atoms with E-state index in [1.807, 2.05) is 36.4 Å². The van der Waals surface area contributed by atoms with Gasteiger partial charge in [-0.2, -0.15) is 10.2 Å². The van der Waals surface area contributed by atoms with Gasteiger partial charge in [0.2, 0.25) is 0 Å². The van der Waals surface area contributed by atoms with E-state index in [1.165, 1.54) is 18.2 Å². The molecule has 0 spiro atoms. The Labute approximate surface area is 200 Å². The highest BCUT2D eigenvalue weighted by Crippen LogP contribution is 2.30. The summed E-state index contributed by atoms with van der Waals surface area (Å²) in [5.41, 5.74) is 4.42. The Morgan fingerprint density at radius 2 is 2.00 bits per heavy atom. The van der Waals surface area contributed by atoms with E-state index < -0.39 is 11.9 Å². The number of carbonyl (C=O) groups excluding carboxylic acids is 1. The molecule has 0 saturated carbocycles. The Morgan fingerprint density at radius 1 is 1.14 bits per heavy atom. The Kier molecular flexibility index (Phi) is 5.65. The third-order valence-corrected chi connectivity index (χ3v) is 6.08. The predicted octanol–water partition coefficient (Wildman–Crippen LogP) is 3.83. The van der Waals surface area contributed by atoms with Crippen molar-refractivity contribution >= 4 is 16.9 Å². The van der Waals surface area contributed by atoms with E-state index in [0.29, 0.717) is 17.3 Å². The zero-order valence-corrected chi connectivity index (χ0v) is 18.8. The largest absolute Gasteiger partial charge is 0.443 e. The quantitative estimate of drug-likeness (QED) is 0.443. The van der Waals surface area contributed by atoms with E-state index in [0.717, 1.165) is 49.4 Å². The van der Waals surface area contributed by atoms with Crippen molar-refractivity contribution < 1.29 is 13.9 Å². The number of amides is 1. The molecule has 2 N–H and O–H groups in total. The number of benzene rings is 2. The maximum atomic E-state index is 13.0. The molecule has 0 aliphatic carbocycles. The molecule has 1 atom stereocenters. The lowest BCUT2D eigenvalue weighted by atomic mass is 10.1. The minimum absolute atomic E-state index is 0.195. The fourth-order valence-corrected chi connectivity index (χ4v) is 4.31. The van der Waals surface area contributed by atoms with Crippen molar-refractivity contribution in [2.24, 2.45) is 10.2 Å². The van der Waals surface area contributed by atoms with Gasteiger partial charge in [0.15, 0.2) is 23.9 Å². The van der Waals surface area contributed by atoms with E-state index in [4.69, 9.17) is 14.1 Å². The van der Waals surface area contributed by atoms with Crippen molar-refractivity contribution in [3.8, 4) is 11.3 Å². The summed E-state index contributed by atoms with van der Waals surface area (Å²) in [6.07, 6.45) is 2.79. The van der Waals surface area contributed by atoms with E-state index in [1.54, 1.807) is 0 Å². The molecule has 2 aromatic heterocycles. The summed E-state index contributed by atoms with van der Waals surface area (Å²) in [6, 6.07) is 15.0. The normalized spacial score (nSPS) is 18.2. The predicted molar refractivity (Wildman–Crippen MR) is 127 cm³/mol. The number of rotatable bonds is 6.